The third kappa shape index (κ3) is 5.37. The molecule has 1 unspecified atom stereocenters. The van der Waals surface area contributed by atoms with Crippen molar-refractivity contribution in [1.29, 1.82) is 5.26 Å². The fourth-order valence-corrected chi connectivity index (χ4v) is 4.75. The largest absolute Gasteiger partial charge is 0.489 e. The number of benzene rings is 1. The fraction of sp³-hybridized carbons (Fsp3) is 0.367. The molecule has 0 bridgehead atoms. The molecule has 1 N–H and O–H groups in total. The molecule has 1 amide bonds. The molecule has 0 spiro atoms. The maximum atomic E-state index is 15.5. The first-order valence-corrected chi connectivity index (χ1v) is 13.2. The van der Waals surface area contributed by atoms with Crippen LogP contribution >= 0.6 is 0 Å². The molecule has 1 aliphatic rings. The molecule has 10 nitrogen and oxygen atoms in total. The van der Waals surface area contributed by atoms with Gasteiger partial charge >= 0.3 is 6.09 Å². The first-order valence-electron chi connectivity index (χ1n) is 13.2. The summed E-state index contributed by atoms with van der Waals surface area (Å²) < 4.78 is 28.8. The molecule has 5 rings (SSSR count). The van der Waals surface area contributed by atoms with E-state index in [1.54, 1.807) is 39.0 Å². The van der Waals surface area contributed by atoms with Crippen molar-refractivity contribution in [2.75, 3.05) is 4.90 Å². The predicted molar refractivity (Wildman–Crippen MR) is 150 cm³/mol. The van der Waals surface area contributed by atoms with Crippen LogP contribution in [0.1, 0.15) is 58.4 Å². The van der Waals surface area contributed by atoms with Crippen LogP contribution in [0.25, 0.3) is 16.8 Å². The van der Waals surface area contributed by atoms with Gasteiger partial charge in [0.15, 0.2) is 11.3 Å². The smallest absolute Gasteiger partial charge is 0.417 e. The molecule has 0 saturated heterocycles. The van der Waals surface area contributed by atoms with Gasteiger partial charge in [-0.1, -0.05) is 20.8 Å². The van der Waals surface area contributed by atoms with Gasteiger partial charge in [-0.05, 0) is 50.5 Å². The highest BCUT2D eigenvalue weighted by atomic mass is 19.1. The standard InChI is InChI=1S/C30H31FN6O4/c1-29(2,3)24-12-19-21(22(31)9-10-23(19)40-24)16-37(28(39)41-30(4,5)6)27-34-14-20(18-8-7-11-33-26(18)38)25-35-17(13-32)15-36(25)27/h7-11,14-15,24H,12,16H2,1-6H3,(H,33,38). The summed E-state index contributed by atoms with van der Waals surface area (Å²) in [7, 11) is 0. The summed E-state index contributed by atoms with van der Waals surface area (Å²) in [6.07, 6.45) is 3.85. The number of rotatable bonds is 4. The zero-order chi connectivity index (χ0) is 29.7. The number of nitriles is 1. The van der Waals surface area contributed by atoms with Crippen LogP contribution in [0.15, 0.2) is 47.7 Å². The Balaban J connectivity index is 1.68. The van der Waals surface area contributed by atoms with E-state index in [-0.39, 0.29) is 52.0 Å². The Bertz CT molecular complexity index is 1760. The maximum Gasteiger partial charge on any atom is 0.417 e. The number of carbonyl (C=O) groups excluding carboxylic acids is 1. The highest BCUT2D eigenvalue weighted by Crippen LogP contribution is 2.40. The van der Waals surface area contributed by atoms with E-state index in [2.05, 4.69) is 35.7 Å². The lowest BCUT2D eigenvalue weighted by Crippen LogP contribution is -2.38. The summed E-state index contributed by atoms with van der Waals surface area (Å²) in [5.41, 5.74) is 0.436. The lowest BCUT2D eigenvalue weighted by Gasteiger charge is -2.28. The third-order valence-corrected chi connectivity index (χ3v) is 6.82. The number of halogens is 1. The van der Waals surface area contributed by atoms with E-state index >= 15 is 4.39 Å². The Morgan fingerprint density at radius 2 is 2.00 bits per heavy atom. The number of nitrogens with zero attached hydrogens (tertiary/aromatic N) is 5. The van der Waals surface area contributed by atoms with Crippen LogP contribution in [0, 0.1) is 22.6 Å². The number of aromatic nitrogens is 4. The van der Waals surface area contributed by atoms with Gasteiger partial charge in [-0.25, -0.2) is 24.1 Å². The number of nitrogens with one attached hydrogen (secondary N) is 1. The van der Waals surface area contributed by atoms with Crippen LogP contribution in [-0.2, 0) is 17.7 Å². The normalized spacial score (nSPS) is 14.8. The topological polar surface area (TPSA) is 126 Å². The van der Waals surface area contributed by atoms with Crippen molar-refractivity contribution < 1.29 is 18.7 Å². The summed E-state index contributed by atoms with van der Waals surface area (Å²) in [4.78, 5) is 39.0. The van der Waals surface area contributed by atoms with E-state index in [1.807, 2.05) is 6.07 Å². The maximum absolute atomic E-state index is 15.5. The molecule has 11 heteroatoms. The molecule has 41 heavy (non-hydrogen) atoms. The predicted octanol–water partition coefficient (Wildman–Crippen LogP) is 5.39. The highest BCUT2D eigenvalue weighted by molar-refractivity contribution is 5.88. The van der Waals surface area contributed by atoms with E-state index in [0.717, 1.165) is 0 Å². The SMILES string of the molecule is CC(C)(C)OC(=O)N(Cc1c(F)ccc2c1CC(C(C)(C)C)O2)c1ncc(-c2ccc[nH]c2=O)c2nc(C#N)cn12. The number of carbonyl (C=O) groups is 1. The number of aromatic amines is 1. The Morgan fingerprint density at radius 3 is 2.66 bits per heavy atom. The summed E-state index contributed by atoms with van der Waals surface area (Å²) in [5, 5.41) is 9.63. The lowest BCUT2D eigenvalue weighted by molar-refractivity contribution is 0.0574. The van der Waals surface area contributed by atoms with E-state index in [0.29, 0.717) is 23.3 Å². The zero-order valence-corrected chi connectivity index (χ0v) is 23.8. The molecule has 1 aliphatic heterocycles. The van der Waals surface area contributed by atoms with Gasteiger partial charge in [-0.2, -0.15) is 5.26 Å². The van der Waals surface area contributed by atoms with E-state index < -0.39 is 17.5 Å². The van der Waals surface area contributed by atoms with Gasteiger partial charge in [0.1, 0.15) is 29.3 Å². The van der Waals surface area contributed by atoms with E-state index in [4.69, 9.17) is 9.47 Å². The first-order chi connectivity index (χ1) is 19.3. The molecular weight excluding hydrogens is 527 g/mol. The molecule has 3 aromatic heterocycles. The summed E-state index contributed by atoms with van der Waals surface area (Å²) >= 11 is 0. The summed E-state index contributed by atoms with van der Waals surface area (Å²) in [5.74, 6) is 0.113. The molecule has 0 radical (unpaired) electrons. The molecule has 0 aliphatic carbocycles. The molecule has 4 aromatic rings. The van der Waals surface area contributed by atoms with Gasteiger partial charge in [-0.15, -0.1) is 0 Å². The quantitative estimate of drug-likeness (QED) is 0.356. The number of anilines is 1. The number of hydrogen-bond donors (Lipinski definition) is 1. The molecule has 4 heterocycles. The number of hydrogen-bond acceptors (Lipinski definition) is 7. The van der Waals surface area contributed by atoms with Crippen LogP contribution < -0.4 is 15.2 Å². The van der Waals surface area contributed by atoms with Crippen molar-refractivity contribution in [3.8, 4) is 22.9 Å². The van der Waals surface area contributed by atoms with E-state index in [1.165, 1.54) is 34.0 Å². The molecule has 0 fully saturated rings. The van der Waals surface area contributed by atoms with Crippen molar-refractivity contribution in [2.45, 2.75) is 66.2 Å². The fourth-order valence-electron chi connectivity index (χ4n) is 4.75. The first kappa shape index (κ1) is 27.8. The number of H-pyrrole nitrogens is 1. The van der Waals surface area contributed by atoms with Gasteiger partial charge in [0, 0.05) is 35.5 Å². The Labute approximate surface area is 236 Å². The Morgan fingerprint density at radius 1 is 1.24 bits per heavy atom. The van der Waals surface area contributed by atoms with Crippen LogP contribution in [0.3, 0.4) is 0 Å². The van der Waals surface area contributed by atoms with Crippen molar-refractivity contribution in [1.82, 2.24) is 19.4 Å². The van der Waals surface area contributed by atoms with Gasteiger partial charge in [-0.3, -0.25) is 9.20 Å². The summed E-state index contributed by atoms with van der Waals surface area (Å²) in [6.45, 7) is 11.1. The Kier molecular flexibility index (Phi) is 6.81. The van der Waals surface area contributed by atoms with Crippen LogP contribution in [0.4, 0.5) is 15.1 Å². The second kappa shape index (κ2) is 10.0. The molecular formula is C30H31FN6O4. The second-order valence-corrected chi connectivity index (χ2v) is 12.1. The van der Waals surface area contributed by atoms with Crippen LogP contribution in [-0.4, -0.2) is 37.2 Å². The van der Waals surface area contributed by atoms with Crippen LogP contribution in [0.5, 0.6) is 5.75 Å². The van der Waals surface area contributed by atoms with Crippen molar-refractivity contribution >= 4 is 17.7 Å². The average molecular weight is 559 g/mol. The number of pyridine rings is 1. The monoisotopic (exact) mass is 558 g/mol. The molecule has 1 atom stereocenters. The van der Waals surface area contributed by atoms with Gasteiger partial charge in [0.05, 0.1) is 18.3 Å². The van der Waals surface area contributed by atoms with E-state index in [9.17, 15) is 14.9 Å². The minimum Gasteiger partial charge on any atom is -0.489 e. The number of imidazole rings is 1. The van der Waals surface area contributed by atoms with Gasteiger partial charge in [0.2, 0.25) is 5.95 Å². The van der Waals surface area contributed by atoms with Crippen molar-refractivity contribution in [3.63, 3.8) is 0 Å². The molecule has 0 saturated carbocycles. The summed E-state index contributed by atoms with van der Waals surface area (Å²) in [6, 6.07) is 8.20. The molecule has 1 aromatic carbocycles. The number of amides is 1. The number of fused-ring (bicyclic) bond motifs is 2. The minimum atomic E-state index is -0.865. The minimum absolute atomic E-state index is 0.0441. The van der Waals surface area contributed by atoms with Gasteiger partial charge < -0.3 is 14.5 Å². The van der Waals surface area contributed by atoms with Crippen LogP contribution in [0.2, 0.25) is 0 Å². The van der Waals surface area contributed by atoms with Gasteiger partial charge in [0.25, 0.3) is 5.56 Å². The highest BCUT2D eigenvalue weighted by Gasteiger charge is 2.37. The number of ether oxygens (including phenoxy) is 2. The van der Waals surface area contributed by atoms with Crippen molar-refractivity contribution in [2.24, 2.45) is 5.41 Å². The average Bonchev–Trinajstić information content (AvgIpc) is 3.52. The Hall–Kier alpha value is -4.72. The second-order valence-electron chi connectivity index (χ2n) is 12.1. The zero-order valence-electron chi connectivity index (χ0n) is 23.8. The van der Waals surface area contributed by atoms with Crippen molar-refractivity contribution in [3.05, 3.63) is 75.8 Å². The molecule has 212 valence electrons. The lowest BCUT2D eigenvalue weighted by atomic mass is 9.86. The third-order valence-electron chi connectivity index (χ3n) is 6.82.